The molecule has 2 nitrogen and oxygen atoms in total. The van der Waals surface area contributed by atoms with Crippen LogP contribution in [0.3, 0.4) is 0 Å². The van der Waals surface area contributed by atoms with Crippen molar-refractivity contribution in [3.05, 3.63) is 36.4 Å². The van der Waals surface area contributed by atoms with Crippen molar-refractivity contribution in [3.63, 3.8) is 0 Å². The summed E-state index contributed by atoms with van der Waals surface area (Å²) in [6.45, 7) is 0. The van der Waals surface area contributed by atoms with E-state index in [-0.39, 0.29) is 6.42 Å². The Bertz CT molecular complexity index is 292. The molecule has 1 unspecified atom stereocenters. The Hall–Kier alpha value is -1.23. The van der Waals surface area contributed by atoms with Crippen LogP contribution in [-0.2, 0) is 9.47 Å². The summed E-state index contributed by atoms with van der Waals surface area (Å²) in [5, 5.41) is 0. The van der Waals surface area contributed by atoms with Gasteiger partial charge >= 0.3 is 12.1 Å². The highest BCUT2D eigenvalue weighted by atomic mass is 19.3. The summed E-state index contributed by atoms with van der Waals surface area (Å²) >= 11 is 0. The van der Waals surface area contributed by atoms with Gasteiger partial charge in [0.05, 0.1) is 0 Å². The highest BCUT2D eigenvalue weighted by Crippen LogP contribution is 2.28. The molecule has 5 heteroatoms. The number of hydrogen-bond donors (Lipinski definition) is 0. The van der Waals surface area contributed by atoms with E-state index in [9.17, 15) is 13.2 Å². The summed E-state index contributed by atoms with van der Waals surface area (Å²) in [5.74, 6) is -1.46. The molecule has 0 bridgehead atoms. The van der Waals surface area contributed by atoms with Crippen LogP contribution in [0.4, 0.5) is 13.2 Å². The molecule has 0 heterocycles. The molecule has 0 radical (unpaired) electrons. The zero-order chi connectivity index (χ0) is 10.6. The minimum Gasteiger partial charge on any atom is -0.430 e. The number of halogens is 3. The first-order valence-electron chi connectivity index (χ1n) is 3.89. The highest BCUT2D eigenvalue weighted by molar-refractivity contribution is 5.16. The van der Waals surface area contributed by atoms with E-state index in [4.69, 9.17) is 4.74 Å². The number of allylic oxidation sites excluding steroid dienone is 2. The van der Waals surface area contributed by atoms with Crippen LogP contribution in [0.5, 0.6) is 0 Å². The molecule has 0 saturated heterocycles. The van der Waals surface area contributed by atoms with E-state index in [1.54, 1.807) is 12.2 Å². The van der Waals surface area contributed by atoms with Gasteiger partial charge in [-0.15, -0.1) is 0 Å². The molecule has 0 amide bonds. The third kappa shape index (κ3) is 2.38. The van der Waals surface area contributed by atoms with Crippen molar-refractivity contribution >= 4 is 0 Å². The molecule has 0 saturated carbocycles. The minimum atomic E-state index is -2.50. The third-order valence-electron chi connectivity index (χ3n) is 1.76. The predicted octanol–water partition coefficient (Wildman–Crippen LogP) is 2.90. The van der Waals surface area contributed by atoms with E-state index in [0.29, 0.717) is 0 Å². The molecule has 0 aromatic heterocycles. The van der Waals surface area contributed by atoms with E-state index in [0.717, 1.165) is 0 Å². The van der Waals surface area contributed by atoms with Gasteiger partial charge in [0.1, 0.15) is 0 Å². The van der Waals surface area contributed by atoms with Crippen LogP contribution in [0.2, 0.25) is 0 Å². The lowest BCUT2D eigenvalue weighted by Gasteiger charge is -2.28. The summed E-state index contributed by atoms with van der Waals surface area (Å²) in [7, 11) is 1.26. The maximum Gasteiger partial charge on any atom is 0.342 e. The molecule has 0 fully saturated rings. The Labute approximate surface area is 79.3 Å². The number of ether oxygens (including phenoxy) is 2. The van der Waals surface area contributed by atoms with E-state index < -0.39 is 17.9 Å². The third-order valence-corrected chi connectivity index (χ3v) is 1.76. The van der Waals surface area contributed by atoms with Crippen molar-refractivity contribution in [1.29, 1.82) is 0 Å². The van der Waals surface area contributed by atoms with Crippen LogP contribution < -0.4 is 0 Å². The fraction of sp³-hybridized carbons (Fsp3) is 0.333. The monoisotopic (exact) mass is 206 g/mol. The Morgan fingerprint density at radius 2 is 2.00 bits per heavy atom. The van der Waals surface area contributed by atoms with Gasteiger partial charge in [0, 0.05) is 13.5 Å². The number of methoxy groups -OCH3 is 1. The van der Waals surface area contributed by atoms with Gasteiger partial charge in [-0.3, -0.25) is 0 Å². The predicted molar refractivity (Wildman–Crippen MR) is 44.1 cm³/mol. The van der Waals surface area contributed by atoms with Crippen LogP contribution in [-0.4, -0.2) is 12.9 Å². The Morgan fingerprint density at radius 3 is 2.43 bits per heavy atom. The quantitative estimate of drug-likeness (QED) is 0.522. The molecule has 0 spiro atoms. The fourth-order valence-electron chi connectivity index (χ4n) is 1.04. The molecular weight excluding hydrogens is 197 g/mol. The second-order valence-electron chi connectivity index (χ2n) is 2.64. The summed E-state index contributed by atoms with van der Waals surface area (Å²) in [6, 6.07) is -1.91. The molecule has 0 N–H and O–H groups in total. The molecule has 14 heavy (non-hydrogen) atoms. The highest BCUT2D eigenvalue weighted by Gasteiger charge is 2.31. The van der Waals surface area contributed by atoms with Gasteiger partial charge in [-0.25, -0.2) is 0 Å². The zero-order valence-electron chi connectivity index (χ0n) is 7.47. The minimum absolute atomic E-state index is 0.181. The first-order valence-corrected chi connectivity index (χ1v) is 3.89. The molecule has 0 aromatic rings. The summed E-state index contributed by atoms with van der Waals surface area (Å²) < 4.78 is 45.3. The van der Waals surface area contributed by atoms with Gasteiger partial charge in [-0.1, -0.05) is 18.2 Å². The van der Waals surface area contributed by atoms with Gasteiger partial charge < -0.3 is 9.47 Å². The van der Waals surface area contributed by atoms with Gasteiger partial charge in [-0.05, 0) is 6.08 Å². The maximum atomic E-state index is 12.5. The van der Waals surface area contributed by atoms with E-state index in [2.05, 4.69) is 4.74 Å². The molecule has 1 aliphatic carbocycles. The average Bonchev–Trinajstić information content (AvgIpc) is 2.19. The maximum absolute atomic E-state index is 12.5. The lowest BCUT2D eigenvalue weighted by Crippen LogP contribution is -2.32. The molecule has 78 valence electrons. The SMILES string of the molecule is COC1(OC(F)=C(F)F)C=CC=CC1. The number of hydrogen-bond acceptors (Lipinski definition) is 2. The fourth-order valence-corrected chi connectivity index (χ4v) is 1.04. The second-order valence-corrected chi connectivity index (χ2v) is 2.64. The Morgan fingerprint density at radius 1 is 1.29 bits per heavy atom. The average molecular weight is 206 g/mol. The topological polar surface area (TPSA) is 18.5 Å². The van der Waals surface area contributed by atoms with Gasteiger partial charge in [-0.2, -0.15) is 13.2 Å². The Balaban J connectivity index is 2.78. The standard InChI is InChI=1S/C9H9F3O2/c1-13-9(5-3-2-4-6-9)14-8(12)7(10)11/h2-5H,6H2,1H3. The van der Waals surface area contributed by atoms with Crippen LogP contribution >= 0.6 is 0 Å². The first-order chi connectivity index (χ1) is 6.59. The molecule has 0 aliphatic heterocycles. The normalized spacial score (nSPS) is 24.9. The van der Waals surface area contributed by atoms with Crippen molar-refractivity contribution in [3.8, 4) is 0 Å². The molecule has 1 atom stereocenters. The number of rotatable bonds is 3. The van der Waals surface area contributed by atoms with Crippen LogP contribution in [0.25, 0.3) is 0 Å². The molecule has 1 rings (SSSR count). The molecular formula is C9H9F3O2. The smallest absolute Gasteiger partial charge is 0.342 e. The van der Waals surface area contributed by atoms with Crippen LogP contribution in [0, 0.1) is 0 Å². The Kier molecular flexibility index (Phi) is 3.35. The van der Waals surface area contributed by atoms with Crippen molar-refractivity contribution in [2.24, 2.45) is 0 Å². The second kappa shape index (κ2) is 4.32. The van der Waals surface area contributed by atoms with Crippen LogP contribution in [0.1, 0.15) is 6.42 Å². The summed E-state index contributed by atoms with van der Waals surface area (Å²) in [4.78, 5) is 0. The van der Waals surface area contributed by atoms with E-state index in [1.807, 2.05) is 0 Å². The lowest BCUT2D eigenvalue weighted by atomic mass is 10.1. The lowest BCUT2D eigenvalue weighted by molar-refractivity contribution is -0.177. The van der Waals surface area contributed by atoms with Crippen molar-refractivity contribution in [1.82, 2.24) is 0 Å². The van der Waals surface area contributed by atoms with Gasteiger partial charge in [0.15, 0.2) is 0 Å². The molecule has 1 aliphatic rings. The van der Waals surface area contributed by atoms with E-state index >= 15 is 0 Å². The van der Waals surface area contributed by atoms with Gasteiger partial charge in [0.25, 0.3) is 0 Å². The summed E-state index contributed by atoms with van der Waals surface area (Å²) in [5.41, 5.74) is 0. The summed E-state index contributed by atoms with van der Waals surface area (Å²) in [6.07, 6.45) is 3.91. The van der Waals surface area contributed by atoms with E-state index in [1.165, 1.54) is 19.3 Å². The van der Waals surface area contributed by atoms with Crippen molar-refractivity contribution in [2.45, 2.75) is 12.2 Å². The van der Waals surface area contributed by atoms with Crippen molar-refractivity contribution in [2.75, 3.05) is 7.11 Å². The van der Waals surface area contributed by atoms with Gasteiger partial charge in [0.2, 0.25) is 5.79 Å². The molecule has 0 aromatic carbocycles. The van der Waals surface area contributed by atoms with Crippen LogP contribution in [0.15, 0.2) is 36.4 Å². The largest absolute Gasteiger partial charge is 0.430 e. The first kappa shape index (κ1) is 10.8. The zero-order valence-corrected chi connectivity index (χ0v) is 7.47. The van der Waals surface area contributed by atoms with Crippen molar-refractivity contribution < 1.29 is 22.6 Å².